The van der Waals surface area contributed by atoms with Gasteiger partial charge in [0.05, 0.1) is 5.56 Å². The molecule has 0 amide bonds. The van der Waals surface area contributed by atoms with Gasteiger partial charge in [-0.3, -0.25) is 0 Å². The normalized spacial score (nSPS) is 10.1. The Balaban J connectivity index is 3.38. The number of aromatic carboxylic acids is 1. The molecule has 0 atom stereocenters. The molecule has 0 saturated carbocycles. The monoisotopic (exact) mass is 186 g/mol. The SMILES string of the molecule is CCc1c(F)cc(F)cc1C(=O)O. The topological polar surface area (TPSA) is 37.3 Å². The molecule has 13 heavy (non-hydrogen) atoms. The Morgan fingerprint density at radius 2 is 2.08 bits per heavy atom. The second-order valence-electron chi connectivity index (χ2n) is 2.57. The van der Waals surface area contributed by atoms with Crippen LogP contribution in [0, 0.1) is 11.6 Å². The van der Waals surface area contributed by atoms with E-state index in [1.807, 2.05) is 0 Å². The van der Waals surface area contributed by atoms with Crippen LogP contribution in [0.2, 0.25) is 0 Å². The maximum atomic E-state index is 13.0. The Morgan fingerprint density at radius 1 is 1.46 bits per heavy atom. The van der Waals surface area contributed by atoms with Gasteiger partial charge in [-0.15, -0.1) is 0 Å². The smallest absolute Gasteiger partial charge is 0.336 e. The minimum Gasteiger partial charge on any atom is -0.478 e. The van der Waals surface area contributed by atoms with Crippen LogP contribution in [0.5, 0.6) is 0 Å². The van der Waals surface area contributed by atoms with Crippen molar-refractivity contribution in [1.82, 2.24) is 0 Å². The maximum absolute atomic E-state index is 13.0. The first-order valence-corrected chi connectivity index (χ1v) is 3.77. The van der Waals surface area contributed by atoms with E-state index >= 15 is 0 Å². The summed E-state index contributed by atoms with van der Waals surface area (Å²) in [5.41, 5.74) is -0.270. The van der Waals surface area contributed by atoms with Gasteiger partial charge < -0.3 is 5.11 Å². The van der Waals surface area contributed by atoms with E-state index < -0.39 is 17.6 Å². The van der Waals surface area contributed by atoms with Gasteiger partial charge in [0.15, 0.2) is 0 Å². The predicted octanol–water partition coefficient (Wildman–Crippen LogP) is 2.23. The van der Waals surface area contributed by atoms with Crippen LogP contribution in [-0.2, 0) is 6.42 Å². The number of hydrogen-bond donors (Lipinski definition) is 1. The van der Waals surface area contributed by atoms with Crippen molar-refractivity contribution in [3.63, 3.8) is 0 Å². The number of rotatable bonds is 2. The summed E-state index contributed by atoms with van der Waals surface area (Å²) in [5.74, 6) is -2.98. The summed E-state index contributed by atoms with van der Waals surface area (Å²) in [5, 5.41) is 8.61. The molecule has 0 fully saturated rings. The Morgan fingerprint density at radius 3 is 2.54 bits per heavy atom. The average molecular weight is 186 g/mol. The maximum Gasteiger partial charge on any atom is 0.336 e. The number of carboxylic acid groups (broad SMARTS) is 1. The molecule has 0 heterocycles. The van der Waals surface area contributed by atoms with Gasteiger partial charge in [0.2, 0.25) is 0 Å². The second kappa shape index (κ2) is 3.51. The summed E-state index contributed by atoms with van der Waals surface area (Å²) in [6.07, 6.45) is 0.230. The van der Waals surface area contributed by atoms with Crippen LogP contribution in [0.25, 0.3) is 0 Å². The third-order valence-corrected chi connectivity index (χ3v) is 1.74. The van der Waals surface area contributed by atoms with Crippen molar-refractivity contribution >= 4 is 5.97 Å². The van der Waals surface area contributed by atoms with Crippen LogP contribution in [0.3, 0.4) is 0 Å². The zero-order valence-corrected chi connectivity index (χ0v) is 6.97. The van der Waals surface area contributed by atoms with Gasteiger partial charge in [-0.25, -0.2) is 13.6 Å². The lowest BCUT2D eigenvalue weighted by Gasteiger charge is -2.04. The van der Waals surface area contributed by atoms with Crippen molar-refractivity contribution in [2.45, 2.75) is 13.3 Å². The van der Waals surface area contributed by atoms with Crippen LogP contribution < -0.4 is 0 Å². The van der Waals surface area contributed by atoms with E-state index in [0.717, 1.165) is 6.07 Å². The van der Waals surface area contributed by atoms with E-state index in [1.54, 1.807) is 6.92 Å². The zero-order chi connectivity index (χ0) is 10.0. The standard InChI is InChI=1S/C9H8F2O2/c1-2-6-7(9(12)13)3-5(10)4-8(6)11/h3-4H,2H2,1H3,(H,12,13). The molecule has 0 spiro atoms. The van der Waals surface area contributed by atoms with Crippen molar-refractivity contribution < 1.29 is 18.7 Å². The summed E-state index contributed by atoms with van der Waals surface area (Å²) in [7, 11) is 0. The lowest BCUT2D eigenvalue weighted by atomic mass is 10.0. The van der Waals surface area contributed by atoms with E-state index in [9.17, 15) is 13.6 Å². The molecule has 1 aromatic rings. The molecule has 1 rings (SSSR count). The van der Waals surface area contributed by atoms with Crippen LogP contribution in [0.1, 0.15) is 22.8 Å². The third-order valence-electron chi connectivity index (χ3n) is 1.74. The summed E-state index contributed by atoms with van der Waals surface area (Å²) in [6, 6.07) is 1.51. The summed E-state index contributed by atoms with van der Waals surface area (Å²) in [6.45, 7) is 1.61. The minimum absolute atomic E-state index is 0.0360. The Kier molecular flexibility index (Phi) is 2.60. The molecule has 0 aliphatic heterocycles. The molecule has 0 radical (unpaired) electrons. The molecule has 0 aromatic heterocycles. The molecule has 0 unspecified atom stereocenters. The summed E-state index contributed by atoms with van der Waals surface area (Å²) >= 11 is 0. The van der Waals surface area contributed by atoms with Crippen molar-refractivity contribution in [3.8, 4) is 0 Å². The molecule has 0 bridgehead atoms. The van der Waals surface area contributed by atoms with Gasteiger partial charge in [0.1, 0.15) is 11.6 Å². The molecule has 0 saturated heterocycles. The molecule has 2 nitrogen and oxygen atoms in total. The van der Waals surface area contributed by atoms with Crippen LogP contribution in [0.15, 0.2) is 12.1 Å². The van der Waals surface area contributed by atoms with Crippen molar-refractivity contribution in [2.24, 2.45) is 0 Å². The minimum atomic E-state index is -1.31. The number of halogens is 2. The van der Waals surface area contributed by atoms with Gasteiger partial charge in [-0.05, 0) is 12.5 Å². The molecule has 1 N–H and O–H groups in total. The third kappa shape index (κ3) is 1.83. The summed E-state index contributed by atoms with van der Waals surface area (Å²) < 4.78 is 25.6. The fourth-order valence-electron chi connectivity index (χ4n) is 1.15. The predicted molar refractivity (Wildman–Crippen MR) is 42.7 cm³/mol. The van der Waals surface area contributed by atoms with Crippen molar-refractivity contribution in [1.29, 1.82) is 0 Å². The molecule has 0 aliphatic carbocycles. The number of carboxylic acids is 1. The van der Waals surface area contributed by atoms with Crippen molar-refractivity contribution in [3.05, 3.63) is 34.9 Å². The molecule has 1 aromatic carbocycles. The van der Waals surface area contributed by atoms with Gasteiger partial charge >= 0.3 is 5.97 Å². The Bertz CT molecular complexity index is 348. The Labute approximate surface area is 73.8 Å². The fourth-order valence-corrected chi connectivity index (χ4v) is 1.15. The first kappa shape index (κ1) is 9.64. The highest BCUT2D eigenvalue weighted by Gasteiger charge is 2.14. The summed E-state index contributed by atoms with van der Waals surface area (Å²) in [4.78, 5) is 10.6. The van der Waals surface area contributed by atoms with Crippen LogP contribution in [-0.4, -0.2) is 11.1 Å². The van der Waals surface area contributed by atoms with E-state index in [0.29, 0.717) is 6.07 Å². The highest BCUT2D eigenvalue weighted by atomic mass is 19.1. The van der Waals surface area contributed by atoms with Crippen LogP contribution in [0.4, 0.5) is 8.78 Å². The molecule has 0 aliphatic rings. The quantitative estimate of drug-likeness (QED) is 0.768. The first-order valence-electron chi connectivity index (χ1n) is 3.77. The highest BCUT2D eigenvalue weighted by molar-refractivity contribution is 5.89. The van der Waals surface area contributed by atoms with Gasteiger partial charge in [-0.2, -0.15) is 0 Å². The number of carbonyl (C=O) groups is 1. The van der Waals surface area contributed by atoms with E-state index in [4.69, 9.17) is 5.11 Å². The largest absolute Gasteiger partial charge is 0.478 e. The van der Waals surface area contributed by atoms with Gasteiger partial charge in [-0.1, -0.05) is 6.92 Å². The fraction of sp³-hybridized carbons (Fsp3) is 0.222. The molecule has 4 heteroatoms. The second-order valence-corrected chi connectivity index (χ2v) is 2.57. The first-order chi connectivity index (χ1) is 6.06. The molecular weight excluding hydrogens is 178 g/mol. The van der Waals surface area contributed by atoms with E-state index in [1.165, 1.54) is 0 Å². The lowest BCUT2D eigenvalue weighted by molar-refractivity contribution is 0.0694. The van der Waals surface area contributed by atoms with E-state index in [-0.39, 0.29) is 17.5 Å². The molecule has 70 valence electrons. The van der Waals surface area contributed by atoms with E-state index in [2.05, 4.69) is 0 Å². The van der Waals surface area contributed by atoms with Crippen molar-refractivity contribution in [2.75, 3.05) is 0 Å². The Hall–Kier alpha value is -1.45. The number of hydrogen-bond acceptors (Lipinski definition) is 1. The average Bonchev–Trinajstić information content (AvgIpc) is 2.02. The van der Waals surface area contributed by atoms with Gasteiger partial charge in [0, 0.05) is 11.6 Å². The number of benzene rings is 1. The van der Waals surface area contributed by atoms with Crippen LogP contribution >= 0.6 is 0 Å². The van der Waals surface area contributed by atoms with Gasteiger partial charge in [0.25, 0.3) is 0 Å². The highest BCUT2D eigenvalue weighted by Crippen LogP contribution is 2.16. The zero-order valence-electron chi connectivity index (χ0n) is 6.97. The lowest BCUT2D eigenvalue weighted by Crippen LogP contribution is -2.05. The molecular formula is C9H8F2O2.